The molecule has 1 atom stereocenters. The molecule has 0 bridgehead atoms. The lowest BCUT2D eigenvalue weighted by molar-refractivity contribution is -0.152. The molecule has 1 aromatic carbocycles. The summed E-state index contributed by atoms with van der Waals surface area (Å²) in [5.74, 6) is -0.153. The number of hydrogen-bond donors (Lipinski definition) is 1. The molecular weight excluding hydrogens is 202 g/mol. The van der Waals surface area contributed by atoms with Crippen molar-refractivity contribution in [1.82, 2.24) is 5.32 Å². The maximum atomic E-state index is 11.7. The Bertz CT molecular complexity index is 397. The Labute approximate surface area is 95.8 Å². The minimum Gasteiger partial charge on any atom is -0.468 e. The van der Waals surface area contributed by atoms with Crippen LogP contribution in [-0.2, 0) is 16.0 Å². The van der Waals surface area contributed by atoms with Crippen molar-refractivity contribution < 1.29 is 9.53 Å². The minimum atomic E-state index is -0.484. The van der Waals surface area contributed by atoms with E-state index >= 15 is 0 Å². The van der Waals surface area contributed by atoms with Crippen LogP contribution in [0.3, 0.4) is 0 Å². The van der Waals surface area contributed by atoms with Crippen LogP contribution in [0.5, 0.6) is 0 Å². The second-order valence-electron chi connectivity index (χ2n) is 4.42. The van der Waals surface area contributed by atoms with E-state index in [1.54, 1.807) is 0 Å². The second kappa shape index (κ2) is 4.26. The summed E-state index contributed by atoms with van der Waals surface area (Å²) in [5, 5.41) is 3.20. The van der Waals surface area contributed by atoms with Crippen molar-refractivity contribution in [2.24, 2.45) is 0 Å². The molecule has 3 nitrogen and oxygen atoms in total. The molecule has 86 valence electrons. The van der Waals surface area contributed by atoms with Gasteiger partial charge in [0.25, 0.3) is 0 Å². The van der Waals surface area contributed by atoms with Crippen LogP contribution in [0.15, 0.2) is 24.3 Å². The maximum Gasteiger partial charge on any atom is 0.326 e. The van der Waals surface area contributed by atoms with Crippen LogP contribution < -0.4 is 5.32 Å². The van der Waals surface area contributed by atoms with Crippen molar-refractivity contribution in [3.8, 4) is 0 Å². The quantitative estimate of drug-likeness (QED) is 0.782. The van der Waals surface area contributed by atoms with E-state index < -0.39 is 5.54 Å². The standard InChI is InChI=1S/C13H17NO2/c1-10-4-3-5-11(8-10)9-13(6-7-14-13)12(15)16-2/h3-5,8,14H,6-7,9H2,1-2H3. The summed E-state index contributed by atoms with van der Waals surface area (Å²) in [6.45, 7) is 2.95. The Hall–Kier alpha value is -1.35. The molecule has 0 aliphatic carbocycles. The van der Waals surface area contributed by atoms with E-state index in [1.165, 1.54) is 18.2 Å². The highest BCUT2D eigenvalue weighted by Gasteiger charge is 2.44. The van der Waals surface area contributed by atoms with Gasteiger partial charge in [-0.15, -0.1) is 0 Å². The third-order valence-electron chi connectivity index (χ3n) is 3.18. The number of benzene rings is 1. The van der Waals surface area contributed by atoms with Gasteiger partial charge in [0, 0.05) is 6.42 Å². The third-order valence-corrected chi connectivity index (χ3v) is 3.18. The van der Waals surface area contributed by atoms with Gasteiger partial charge in [0.05, 0.1) is 7.11 Å². The summed E-state index contributed by atoms with van der Waals surface area (Å²) in [6, 6.07) is 8.25. The van der Waals surface area contributed by atoms with Crippen LogP contribution in [0.4, 0.5) is 0 Å². The number of carbonyl (C=O) groups is 1. The largest absolute Gasteiger partial charge is 0.468 e. The van der Waals surface area contributed by atoms with E-state index in [2.05, 4.69) is 30.4 Å². The number of aryl methyl sites for hydroxylation is 1. The van der Waals surface area contributed by atoms with Crippen molar-refractivity contribution in [1.29, 1.82) is 0 Å². The molecule has 3 heteroatoms. The van der Waals surface area contributed by atoms with Crippen molar-refractivity contribution in [2.45, 2.75) is 25.3 Å². The van der Waals surface area contributed by atoms with Crippen molar-refractivity contribution in [3.63, 3.8) is 0 Å². The predicted molar refractivity (Wildman–Crippen MR) is 62.2 cm³/mol. The zero-order chi connectivity index (χ0) is 11.6. The molecule has 1 N–H and O–H groups in total. The second-order valence-corrected chi connectivity index (χ2v) is 4.42. The molecule has 1 saturated heterocycles. The van der Waals surface area contributed by atoms with Crippen LogP contribution in [0.25, 0.3) is 0 Å². The summed E-state index contributed by atoms with van der Waals surface area (Å²) in [6.07, 6.45) is 1.56. The minimum absolute atomic E-state index is 0.153. The van der Waals surface area contributed by atoms with Crippen LogP contribution in [0, 0.1) is 6.92 Å². The Kier molecular flexibility index (Phi) is 2.97. The van der Waals surface area contributed by atoms with Gasteiger partial charge in [-0.3, -0.25) is 4.79 Å². The van der Waals surface area contributed by atoms with Gasteiger partial charge in [-0.2, -0.15) is 0 Å². The Morgan fingerprint density at radius 2 is 2.31 bits per heavy atom. The number of hydrogen-bond acceptors (Lipinski definition) is 3. The maximum absolute atomic E-state index is 11.7. The van der Waals surface area contributed by atoms with E-state index in [1.807, 2.05) is 6.07 Å². The molecule has 1 aromatic rings. The van der Waals surface area contributed by atoms with Gasteiger partial charge in [-0.1, -0.05) is 29.8 Å². The molecule has 0 amide bonds. The SMILES string of the molecule is COC(=O)C1(Cc2cccc(C)c2)CCN1. The first-order valence-corrected chi connectivity index (χ1v) is 5.55. The van der Waals surface area contributed by atoms with Gasteiger partial charge >= 0.3 is 5.97 Å². The fourth-order valence-electron chi connectivity index (χ4n) is 2.19. The summed E-state index contributed by atoms with van der Waals surface area (Å²) in [5.41, 5.74) is 1.91. The molecule has 0 saturated carbocycles. The zero-order valence-corrected chi connectivity index (χ0v) is 9.75. The van der Waals surface area contributed by atoms with Gasteiger partial charge < -0.3 is 10.1 Å². The number of methoxy groups -OCH3 is 1. The summed E-state index contributed by atoms with van der Waals surface area (Å²) in [4.78, 5) is 11.7. The number of rotatable bonds is 3. The lowest BCUT2D eigenvalue weighted by Crippen LogP contribution is -2.64. The topological polar surface area (TPSA) is 38.3 Å². The van der Waals surface area contributed by atoms with Crippen molar-refractivity contribution in [3.05, 3.63) is 35.4 Å². The molecule has 16 heavy (non-hydrogen) atoms. The zero-order valence-electron chi connectivity index (χ0n) is 9.75. The molecular formula is C13H17NO2. The molecule has 1 aliphatic rings. The lowest BCUT2D eigenvalue weighted by atomic mass is 9.81. The van der Waals surface area contributed by atoms with Crippen LogP contribution >= 0.6 is 0 Å². The van der Waals surface area contributed by atoms with Crippen LogP contribution in [-0.4, -0.2) is 25.2 Å². The summed E-state index contributed by atoms with van der Waals surface area (Å²) < 4.78 is 4.86. The normalized spacial score (nSPS) is 23.6. The van der Waals surface area contributed by atoms with Gasteiger partial charge in [0.2, 0.25) is 0 Å². The summed E-state index contributed by atoms with van der Waals surface area (Å²) >= 11 is 0. The first-order valence-electron chi connectivity index (χ1n) is 5.55. The summed E-state index contributed by atoms with van der Waals surface area (Å²) in [7, 11) is 1.44. The van der Waals surface area contributed by atoms with Gasteiger partial charge in [0.1, 0.15) is 5.54 Å². The molecule has 1 fully saturated rings. The number of nitrogens with one attached hydrogen (secondary N) is 1. The molecule has 1 unspecified atom stereocenters. The highest BCUT2D eigenvalue weighted by atomic mass is 16.5. The molecule has 0 radical (unpaired) electrons. The highest BCUT2D eigenvalue weighted by molar-refractivity contribution is 5.82. The van der Waals surface area contributed by atoms with E-state index in [-0.39, 0.29) is 5.97 Å². The van der Waals surface area contributed by atoms with E-state index in [0.29, 0.717) is 6.42 Å². The van der Waals surface area contributed by atoms with Gasteiger partial charge in [-0.25, -0.2) is 0 Å². The van der Waals surface area contributed by atoms with Crippen molar-refractivity contribution in [2.75, 3.05) is 13.7 Å². The van der Waals surface area contributed by atoms with Gasteiger partial charge in [0.15, 0.2) is 0 Å². The Morgan fingerprint density at radius 3 is 2.81 bits per heavy atom. The molecule has 0 spiro atoms. The third kappa shape index (κ3) is 1.95. The van der Waals surface area contributed by atoms with Gasteiger partial charge in [-0.05, 0) is 25.5 Å². The fraction of sp³-hybridized carbons (Fsp3) is 0.462. The van der Waals surface area contributed by atoms with Crippen molar-refractivity contribution >= 4 is 5.97 Å². The molecule has 0 aromatic heterocycles. The number of carbonyl (C=O) groups excluding carboxylic acids is 1. The Morgan fingerprint density at radius 1 is 1.56 bits per heavy atom. The average molecular weight is 219 g/mol. The van der Waals surface area contributed by atoms with E-state index in [4.69, 9.17) is 4.74 Å². The number of ether oxygens (including phenoxy) is 1. The smallest absolute Gasteiger partial charge is 0.326 e. The Balaban J connectivity index is 2.16. The fourth-order valence-corrected chi connectivity index (χ4v) is 2.19. The van der Waals surface area contributed by atoms with E-state index in [9.17, 15) is 4.79 Å². The first-order chi connectivity index (χ1) is 7.66. The van der Waals surface area contributed by atoms with Crippen LogP contribution in [0.2, 0.25) is 0 Å². The molecule has 1 aliphatic heterocycles. The molecule has 2 rings (SSSR count). The average Bonchev–Trinajstić information content (AvgIpc) is 2.22. The predicted octanol–water partition coefficient (Wildman–Crippen LogP) is 1.44. The highest BCUT2D eigenvalue weighted by Crippen LogP contribution is 2.25. The van der Waals surface area contributed by atoms with Crippen LogP contribution in [0.1, 0.15) is 17.5 Å². The monoisotopic (exact) mass is 219 g/mol. The number of esters is 1. The van der Waals surface area contributed by atoms with E-state index in [0.717, 1.165) is 13.0 Å². The lowest BCUT2D eigenvalue weighted by Gasteiger charge is -2.40. The first kappa shape index (κ1) is 11.1. The molecule has 1 heterocycles.